The van der Waals surface area contributed by atoms with Gasteiger partial charge in [0.25, 0.3) is 0 Å². The molecule has 0 bridgehead atoms. The van der Waals surface area contributed by atoms with E-state index in [-0.39, 0.29) is 18.7 Å². The predicted octanol–water partition coefficient (Wildman–Crippen LogP) is 1.47. The summed E-state index contributed by atoms with van der Waals surface area (Å²) in [5, 5.41) is 22.4. The molecule has 0 aliphatic heterocycles. The van der Waals surface area contributed by atoms with Gasteiger partial charge < -0.3 is 15.5 Å². The first-order valence-corrected chi connectivity index (χ1v) is 5.59. The number of rotatable bonds is 5. The molecule has 0 aliphatic rings. The minimum absolute atomic E-state index is 0.0183. The topological polar surface area (TPSA) is 52.5 Å². The second-order valence-electron chi connectivity index (χ2n) is 4.69. The van der Waals surface area contributed by atoms with Crippen LogP contribution < -0.4 is 5.32 Å². The van der Waals surface area contributed by atoms with Crippen molar-refractivity contribution in [3.05, 3.63) is 35.9 Å². The first-order valence-electron chi connectivity index (χ1n) is 5.59. The highest BCUT2D eigenvalue weighted by Crippen LogP contribution is 2.16. The quantitative estimate of drug-likeness (QED) is 0.708. The van der Waals surface area contributed by atoms with Crippen LogP contribution in [0.25, 0.3) is 0 Å². The van der Waals surface area contributed by atoms with Crippen LogP contribution in [0.1, 0.15) is 32.4 Å². The van der Waals surface area contributed by atoms with Gasteiger partial charge >= 0.3 is 0 Å². The van der Waals surface area contributed by atoms with Gasteiger partial charge in [-0.05, 0) is 26.3 Å². The third-order valence-electron chi connectivity index (χ3n) is 2.90. The van der Waals surface area contributed by atoms with Crippen LogP contribution in [0.4, 0.5) is 0 Å². The van der Waals surface area contributed by atoms with Crippen molar-refractivity contribution in [2.24, 2.45) is 0 Å². The van der Waals surface area contributed by atoms with Crippen molar-refractivity contribution in [2.75, 3.05) is 6.61 Å². The lowest BCUT2D eigenvalue weighted by atomic mass is 9.98. The minimum Gasteiger partial charge on any atom is -0.394 e. The van der Waals surface area contributed by atoms with Gasteiger partial charge in [0.1, 0.15) is 0 Å². The van der Waals surface area contributed by atoms with E-state index in [1.165, 1.54) is 0 Å². The Morgan fingerprint density at radius 1 is 1.25 bits per heavy atom. The maximum atomic E-state index is 9.83. The molecular weight excluding hydrogens is 202 g/mol. The Labute approximate surface area is 97.1 Å². The van der Waals surface area contributed by atoms with Gasteiger partial charge in [0, 0.05) is 6.04 Å². The van der Waals surface area contributed by atoms with Gasteiger partial charge in [-0.25, -0.2) is 0 Å². The fourth-order valence-corrected chi connectivity index (χ4v) is 1.45. The number of hydrogen-bond donors (Lipinski definition) is 3. The van der Waals surface area contributed by atoms with Crippen molar-refractivity contribution in [3.8, 4) is 0 Å². The van der Waals surface area contributed by atoms with Crippen molar-refractivity contribution in [1.82, 2.24) is 5.32 Å². The summed E-state index contributed by atoms with van der Waals surface area (Å²) in [5.41, 5.74) is 0.225. The summed E-state index contributed by atoms with van der Waals surface area (Å²) in [6, 6.07) is 9.52. The van der Waals surface area contributed by atoms with Crippen LogP contribution in [0, 0.1) is 0 Å². The standard InChI is InChI=1S/C13H21NO2/c1-10(13(2,3)16)14-12(9-15)11-7-5-4-6-8-11/h4-8,10,12,14-16H,9H2,1-3H3/t10?,12-/m1/s1. The predicted molar refractivity (Wildman–Crippen MR) is 65.2 cm³/mol. The Balaban J connectivity index is 2.70. The average Bonchev–Trinajstić information content (AvgIpc) is 2.25. The molecule has 0 radical (unpaired) electrons. The molecule has 1 aromatic rings. The largest absolute Gasteiger partial charge is 0.394 e. The summed E-state index contributed by atoms with van der Waals surface area (Å²) in [6.45, 7) is 5.43. The van der Waals surface area contributed by atoms with Crippen molar-refractivity contribution in [3.63, 3.8) is 0 Å². The minimum atomic E-state index is -0.803. The second-order valence-corrected chi connectivity index (χ2v) is 4.69. The molecule has 1 aromatic carbocycles. The summed E-state index contributed by atoms with van der Waals surface area (Å²) < 4.78 is 0. The van der Waals surface area contributed by atoms with Crippen LogP contribution >= 0.6 is 0 Å². The Hall–Kier alpha value is -0.900. The smallest absolute Gasteiger partial charge is 0.0741 e. The van der Waals surface area contributed by atoms with Gasteiger partial charge in [-0.3, -0.25) is 0 Å². The highest BCUT2D eigenvalue weighted by atomic mass is 16.3. The molecule has 0 spiro atoms. The van der Waals surface area contributed by atoms with Crippen LogP contribution in [-0.4, -0.2) is 28.5 Å². The summed E-state index contributed by atoms with van der Waals surface area (Å²) in [5.74, 6) is 0. The molecule has 16 heavy (non-hydrogen) atoms. The molecule has 0 fully saturated rings. The summed E-state index contributed by atoms with van der Waals surface area (Å²) in [7, 11) is 0. The lowest BCUT2D eigenvalue weighted by molar-refractivity contribution is 0.0361. The molecule has 0 amide bonds. The fraction of sp³-hybridized carbons (Fsp3) is 0.538. The zero-order valence-electron chi connectivity index (χ0n) is 10.1. The van der Waals surface area contributed by atoms with E-state index >= 15 is 0 Å². The number of aliphatic hydroxyl groups excluding tert-OH is 1. The zero-order chi connectivity index (χ0) is 12.2. The number of aliphatic hydroxyl groups is 2. The molecule has 3 nitrogen and oxygen atoms in total. The first-order chi connectivity index (χ1) is 7.45. The van der Waals surface area contributed by atoms with Gasteiger partial charge in [-0.2, -0.15) is 0 Å². The Bertz CT molecular complexity index is 305. The van der Waals surface area contributed by atoms with Gasteiger partial charge in [-0.15, -0.1) is 0 Å². The summed E-state index contributed by atoms with van der Waals surface area (Å²) in [4.78, 5) is 0. The third kappa shape index (κ3) is 3.59. The van der Waals surface area contributed by atoms with E-state index in [1.807, 2.05) is 37.3 Å². The number of hydrogen-bond acceptors (Lipinski definition) is 3. The normalized spacial score (nSPS) is 15.8. The zero-order valence-corrected chi connectivity index (χ0v) is 10.1. The van der Waals surface area contributed by atoms with Crippen LogP contribution in [0.5, 0.6) is 0 Å². The van der Waals surface area contributed by atoms with Crippen molar-refractivity contribution >= 4 is 0 Å². The van der Waals surface area contributed by atoms with Crippen molar-refractivity contribution in [1.29, 1.82) is 0 Å². The van der Waals surface area contributed by atoms with E-state index in [1.54, 1.807) is 13.8 Å². The summed E-state index contributed by atoms with van der Waals surface area (Å²) in [6.07, 6.45) is 0. The third-order valence-corrected chi connectivity index (χ3v) is 2.90. The highest BCUT2D eigenvalue weighted by molar-refractivity contribution is 5.19. The van der Waals surface area contributed by atoms with Gasteiger partial charge in [0.05, 0.1) is 18.2 Å². The Morgan fingerprint density at radius 3 is 2.25 bits per heavy atom. The first kappa shape index (κ1) is 13.2. The molecule has 1 rings (SSSR count). The molecule has 0 aromatic heterocycles. The van der Waals surface area contributed by atoms with Crippen LogP contribution in [0.15, 0.2) is 30.3 Å². The SMILES string of the molecule is CC(N[C@H](CO)c1ccccc1)C(C)(C)O. The van der Waals surface area contributed by atoms with E-state index in [0.29, 0.717) is 0 Å². The van der Waals surface area contributed by atoms with Gasteiger partial charge in [-0.1, -0.05) is 30.3 Å². The monoisotopic (exact) mass is 223 g/mol. The van der Waals surface area contributed by atoms with Gasteiger partial charge in [0.15, 0.2) is 0 Å². The Morgan fingerprint density at radius 2 is 1.81 bits per heavy atom. The molecular formula is C13H21NO2. The van der Waals surface area contributed by atoms with Gasteiger partial charge in [0.2, 0.25) is 0 Å². The number of benzene rings is 1. The lowest BCUT2D eigenvalue weighted by Crippen LogP contribution is -2.46. The Kier molecular flexibility index (Phi) is 4.47. The molecule has 3 heteroatoms. The maximum absolute atomic E-state index is 9.83. The molecule has 1 unspecified atom stereocenters. The van der Waals surface area contributed by atoms with Crippen LogP contribution in [0.3, 0.4) is 0 Å². The van der Waals surface area contributed by atoms with Crippen LogP contribution in [-0.2, 0) is 0 Å². The molecule has 0 saturated heterocycles. The molecule has 0 heterocycles. The molecule has 2 atom stereocenters. The second kappa shape index (κ2) is 5.43. The molecule has 90 valence electrons. The van der Waals surface area contributed by atoms with E-state index in [2.05, 4.69) is 5.32 Å². The van der Waals surface area contributed by atoms with Crippen molar-refractivity contribution in [2.45, 2.75) is 38.5 Å². The molecule has 3 N–H and O–H groups in total. The fourth-order valence-electron chi connectivity index (χ4n) is 1.45. The maximum Gasteiger partial charge on any atom is 0.0741 e. The summed E-state index contributed by atoms with van der Waals surface area (Å²) >= 11 is 0. The van der Waals surface area contributed by atoms with E-state index < -0.39 is 5.60 Å². The molecule has 0 saturated carbocycles. The molecule has 0 aliphatic carbocycles. The van der Waals surface area contributed by atoms with E-state index in [4.69, 9.17) is 0 Å². The van der Waals surface area contributed by atoms with E-state index in [9.17, 15) is 10.2 Å². The van der Waals surface area contributed by atoms with Crippen molar-refractivity contribution < 1.29 is 10.2 Å². The van der Waals surface area contributed by atoms with Crippen LogP contribution in [0.2, 0.25) is 0 Å². The highest BCUT2D eigenvalue weighted by Gasteiger charge is 2.24. The number of nitrogens with one attached hydrogen (secondary N) is 1. The average molecular weight is 223 g/mol. The van der Waals surface area contributed by atoms with E-state index in [0.717, 1.165) is 5.56 Å². The lowest BCUT2D eigenvalue weighted by Gasteiger charge is -2.30.